The molecule has 21 heavy (non-hydrogen) atoms. The average Bonchev–Trinajstić information content (AvgIpc) is 2.37. The molecule has 3 N–H and O–H groups in total. The van der Waals surface area contributed by atoms with Gasteiger partial charge >= 0.3 is 0 Å². The van der Waals surface area contributed by atoms with E-state index in [9.17, 15) is 8.42 Å². The number of rotatable bonds is 6. The fourth-order valence-electron chi connectivity index (χ4n) is 2.55. The molecule has 0 radical (unpaired) electrons. The molecule has 7 heteroatoms. The smallest absolute Gasteiger partial charge is 0.240 e. The molecule has 0 aromatic heterocycles. The van der Waals surface area contributed by atoms with Crippen LogP contribution in [0.25, 0.3) is 0 Å². The molecule has 5 nitrogen and oxygen atoms in total. The summed E-state index contributed by atoms with van der Waals surface area (Å²) in [5, 5.41) is 0.486. The first-order valence-electron chi connectivity index (χ1n) is 6.96. The maximum Gasteiger partial charge on any atom is 0.240 e. The normalized spacial score (nSPS) is 17.8. The third kappa shape index (κ3) is 3.40. The van der Waals surface area contributed by atoms with Crippen LogP contribution >= 0.6 is 11.6 Å². The minimum Gasteiger partial charge on any atom is -0.326 e. The molecule has 0 spiro atoms. The van der Waals surface area contributed by atoms with Crippen molar-refractivity contribution in [3.8, 4) is 0 Å². The predicted octanol–water partition coefficient (Wildman–Crippen LogP) is 1.56. The Morgan fingerprint density at radius 2 is 2.05 bits per heavy atom. The second kappa shape index (κ2) is 6.22. The summed E-state index contributed by atoms with van der Waals surface area (Å²) in [6.45, 7) is 0.632. The van der Waals surface area contributed by atoms with E-state index in [1.54, 1.807) is 6.07 Å². The van der Waals surface area contributed by atoms with E-state index in [1.807, 2.05) is 14.1 Å². The van der Waals surface area contributed by atoms with Gasteiger partial charge < -0.3 is 10.6 Å². The summed E-state index contributed by atoms with van der Waals surface area (Å²) in [6, 6.07) is 4.62. The van der Waals surface area contributed by atoms with Crippen molar-refractivity contribution >= 4 is 21.6 Å². The van der Waals surface area contributed by atoms with Crippen LogP contribution in [0.5, 0.6) is 0 Å². The second-order valence-electron chi connectivity index (χ2n) is 5.75. The average molecular weight is 332 g/mol. The third-order valence-electron chi connectivity index (χ3n) is 4.37. The van der Waals surface area contributed by atoms with Crippen molar-refractivity contribution < 1.29 is 8.42 Å². The van der Waals surface area contributed by atoms with Crippen LogP contribution < -0.4 is 10.5 Å². The van der Waals surface area contributed by atoms with Crippen LogP contribution in [0, 0.1) is 0 Å². The monoisotopic (exact) mass is 331 g/mol. The highest BCUT2D eigenvalue weighted by Crippen LogP contribution is 2.35. The number of benzene rings is 1. The van der Waals surface area contributed by atoms with E-state index in [0.29, 0.717) is 17.1 Å². The first kappa shape index (κ1) is 16.7. The van der Waals surface area contributed by atoms with Gasteiger partial charge in [-0.25, -0.2) is 13.1 Å². The number of hydrogen-bond acceptors (Lipinski definition) is 4. The molecule has 1 aliphatic carbocycles. The minimum absolute atomic E-state index is 0.0593. The molecule has 0 saturated heterocycles. The van der Waals surface area contributed by atoms with Crippen LogP contribution in [0.15, 0.2) is 23.1 Å². The summed E-state index contributed by atoms with van der Waals surface area (Å²) in [7, 11) is 0.433. The van der Waals surface area contributed by atoms with Crippen LogP contribution in [0.4, 0.5) is 0 Å². The molecule has 0 bridgehead atoms. The predicted molar refractivity (Wildman–Crippen MR) is 84.8 cm³/mol. The van der Waals surface area contributed by atoms with Gasteiger partial charge in [-0.05, 0) is 57.1 Å². The van der Waals surface area contributed by atoms with Crippen LogP contribution in [0.3, 0.4) is 0 Å². The fraction of sp³-hybridized carbons (Fsp3) is 0.571. The quantitative estimate of drug-likeness (QED) is 0.829. The minimum atomic E-state index is -3.54. The summed E-state index contributed by atoms with van der Waals surface area (Å²) < 4.78 is 27.5. The first-order valence-corrected chi connectivity index (χ1v) is 8.82. The standard InChI is InChI=1S/C14H22ClN3O2S/c1-18(2)14(6-3-7-14)10-17-21(19,20)12-4-5-13(15)11(8-12)9-16/h4-5,8,17H,3,6-7,9-10,16H2,1-2H3. The highest BCUT2D eigenvalue weighted by Gasteiger charge is 2.39. The zero-order valence-electron chi connectivity index (χ0n) is 12.4. The molecule has 1 saturated carbocycles. The lowest BCUT2D eigenvalue weighted by Gasteiger charge is -2.47. The van der Waals surface area contributed by atoms with Crippen molar-refractivity contribution in [2.45, 2.75) is 36.2 Å². The Labute approximate surface area is 131 Å². The number of nitrogens with zero attached hydrogens (tertiary/aromatic N) is 1. The molecule has 1 aromatic rings. The third-order valence-corrected chi connectivity index (χ3v) is 6.14. The topological polar surface area (TPSA) is 75.4 Å². The second-order valence-corrected chi connectivity index (χ2v) is 7.93. The highest BCUT2D eigenvalue weighted by molar-refractivity contribution is 7.89. The number of hydrogen-bond donors (Lipinski definition) is 2. The van der Waals surface area contributed by atoms with Gasteiger partial charge in [-0.1, -0.05) is 11.6 Å². The lowest BCUT2D eigenvalue weighted by atomic mass is 9.76. The zero-order valence-corrected chi connectivity index (χ0v) is 14.0. The van der Waals surface area contributed by atoms with Crippen molar-refractivity contribution in [3.05, 3.63) is 28.8 Å². The Morgan fingerprint density at radius 1 is 1.38 bits per heavy atom. The zero-order chi connectivity index (χ0) is 15.7. The summed E-state index contributed by atoms with van der Waals surface area (Å²) >= 11 is 5.97. The molecule has 0 atom stereocenters. The highest BCUT2D eigenvalue weighted by atomic mass is 35.5. The lowest BCUT2D eigenvalue weighted by Crippen LogP contribution is -2.57. The molecule has 0 aliphatic heterocycles. The van der Waals surface area contributed by atoms with Gasteiger partial charge in [0, 0.05) is 23.7 Å². The Kier molecular flexibility index (Phi) is 4.95. The Hall–Kier alpha value is -0.660. The summed E-state index contributed by atoms with van der Waals surface area (Å²) in [5.41, 5.74) is 6.14. The van der Waals surface area contributed by atoms with E-state index in [2.05, 4.69) is 9.62 Å². The number of halogens is 1. The Balaban J connectivity index is 2.15. The van der Waals surface area contributed by atoms with E-state index in [0.717, 1.165) is 19.3 Å². The van der Waals surface area contributed by atoms with Crippen molar-refractivity contribution in [1.29, 1.82) is 0 Å². The van der Waals surface area contributed by atoms with Gasteiger partial charge in [0.1, 0.15) is 0 Å². The van der Waals surface area contributed by atoms with Crippen molar-refractivity contribution in [2.24, 2.45) is 5.73 Å². The molecule has 1 aromatic carbocycles. The molecular weight excluding hydrogens is 310 g/mol. The Morgan fingerprint density at radius 3 is 2.52 bits per heavy atom. The van der Waals surface area contributed by atoms with Crippen LogP contribution in [0.1, 0.15) is 24.8 Å². The lowest BCUT2D eigenvalue weighted by molar-refractivity contribution is 0.0657. The number of nitrogens with two attached hydrogens (primary N) is 1. The molecule has 0 heterocycles. The fourth-order valence-corrected chi connectivity index (χ4v) is 3.92. The van der Waals surface area contributed by atoms with Gasteiger partial charge in [-0.3, -0.25) is 0 Å². The van der Waals surface area contributed by atoms with Gasteiger partial charge in [0.05, 0.1) is 4.90 Å². The number of likely N-dealkylation sites (N-methyl/N-ethyl adjacent to an activating group) is 1. The van der Waals surface area contributed by atoms with E-state index in [4.69, 9.17) is 17.3 Å². The largest absolute Gasteiger partial charge is 0.326 e. The maximum atomic E-state index is 12.4. The van der Waals surface area contributed by atoms with E-state index >= 15 is 0 Å². The van der Waals surface area contributed by atoms with E-state index < -0.39 is 10.0 Å². The van der Waals surface area contributed by atoms with Gasteiger partial charge in [0.2, 0.25) is 10.0 Å². The summed E-state index contributed by atoms with van der Waals surface area (Å²) in [4.78, 5) is 2.31. The van der Waals surface area contributed by atoms with Crippen molar-refractivity contribution in [3.63, 3.8) is 0 Å². The first-order chi connectivity index (χ1) is 9.81. The SMILES string of the molecule is CN(C)C1(CNS(=O)(=O)c2ccc(Cl)c(CN)c2)CCC1. The molecular formula is C14H22ClN3O2S. The van der Waals surface area contributed by atoms with Gasteiger partial charge in [-0.15, -0.1) is 0 Å². The van der Waals surface area contributed by atoms with E-state index in [1.165, 1.54) is 12.1 Å². The Bertz CT molecular complexity index is 613. The van der Waals surface area contributed by atoms with Crippen LogP contribution in [-0.2, 0) is 16.6 Å². The van der Waals surface area contributed by atoms with Crippen molar-refractivity contribution in [1.82, 2.24) is 9.62 Å². The molecule has 118 valence electrons. The van der Waals surface area contributed by atoms with Crippen molar-refractivity contribution in [2.75, 3.05) is 20.6 Å². The molecule has 0 unspecified atom stereocenters. The molecule has 1 fully saturated rings. The van der Waals surface area contributed by atoms with Gasteiger partial charge in [0.25, 0.3) is 0 Å². The molecule has 0 amide bonds. The van der Waals surface area contributed by atoms with Crippen LogP contribution in [-0.4, -0.2) is 39.5 Å². The molecule has 2 rings (SSSR count). The maximum absolute atomic E-state index is 12.4. The van der Waals surface area contributed by atoms with Crippen LogP contribution in [0.2, 0.25) is 5.02 Å². The summed E-state index contributed by atoms with van der Waals surface area (Å²) in [6.07, 6.45) is 3.16. The number of sulfonamides is 1. The van der Waals surface area contributed by atoms with E-state index in [-0.39, 0.29) is 17.0 Å². The van der Waals surface area contributed by atoms with Gasteiger partial charge in [-0.2, -0.15) is 0 Å². The molecule has 1 aliphatic rings. The summed E-state index contributed by atoms with van der Waals surface area (Å²) in [5.74, 6) is 0. The van der Waals surface area contributed by atoms with Gasteiger partial charge in [0.15, 0.2) is 0 Å². The number of nitrogens with one attached hydrogen (secondary N) is 1.